The van der Waals surface area contributed by atoms with Crippen molar-refractivity contribution < 1.29 is 4.79 Å². The molecule has 0 radical (unpaired) electrons. The van der Waals surface area contributed by atoms with Crippen LogP contribution in [0.2, 0.25) is 0 Å². The molecule has 1 nitrogen and oxygen atoms in total. The van der Waals surface area contributed by atoms with Gasteiger partial charge in [-0.3, -0.25) is 4.79 Å². The Balaban J connectivity index is 2.26. The van der Waals surface area contributed by atoms with Crippen molar-refractivity contribution >= 4 is 5.78 Å². The molecule has 2 unspecified atom stereocenters. The Labute approximate surface area is 73.8 Å². The molecule has 2 aliphatic rings. The normalized spacial score (nSPS) is 40.6. The van der Waals surface area contributed by atoms with E-state index in [0.29, 0.717) is 11.7 Å². The predicted octanol–water partition coefficient (Wildman–Crippen LogP) is 2.71. The van der Waals surface area contributed by atoms with E-state index in [1.165, 1.54) is 12.0 Å². The highest BCUT2D eigenvalue weighted by Gasteiger charge is 2.53. The predicted molar refractivity (Wildman–Crippen MR) is 48.8 cm³/mol. The number of hydrogen-bond donors (Lipinski definition) is 0. The first-order chi connectivity index (χ1) is 5.70. The third-order valence-electron chi connectivity index (χ3n) is 3.89. The molecular formula is C11H16O. The van der Waals surface area contributed by atoms with Crippen LogP contribution in [0.4, 0.5) is 0 Å². The fourth-order valence-electron chi connectivity index (χ4n) is 2.96. The van der Waals surface area contributed by atoms with Gasteiger partial charge >= 0.3 is 0 Å². The lowest BCUT2D eigenvalue weighted by Gasteiger charge is -2.53. The molecule has 0 aliphatic heterocycles. The minimum Gasteiger partial charge on any atom is -0.299 e. The molecule has 66 valence electrons. The summed E-state index contributed by atoms with van der Waals surface area (Å²) in [6, 6.07) is 0. The number of carbonyl (C=O) groups is 1. The van der Waals surface area contributed by atoms with Gasteiger partial charge in [0.1, 0.15) is 5.78 Å². The van der Waals surface area contributed by atoms with Gasteiger partial charge in [0.25, 0.3) is 0 Å². The Bertz CT molecular complexity index is 239. The Morgan fingerprint density at radius 3 is 2.92 bits per heavy atom. The first-order valence-electron chi connectivity index (χ1n) is 4.91. The SMILES string of the molecule is C=C1CC2C(=O)CCCC12CC. The second-order valence-electron chi connectivity index (χ2n) is 4.19. The van der Waals surface area contributed by atoms with Gasteiger partial charge in [-0.05, 0) is 25.7 Å². The second-order valence-corrected chi connectivity index (χ2v) is 4.19. The molecule has 0 N–H and O–H groups in total. The van der Waals surface area contributed by atoms with Crippen LogP contribution in [0.15, 0.2) is 12.2 Å². The highest BCUT2D eigenvalue weighted by molar-refractivity contribution is 5.85. The van der Waals surface area contributed by atoms with Crippen LogP contribution in [0.1, 0.15) is 39.0 Å². The van der Waals surface area contributed by atoms with Gasteiger partial charge < -0.3 is 0 Å². The summed E-state index contributed by atoms with van der Waals surface area (Å²) in [6.07, 6.45) is 5.20. The molecule has 0 aromatic rings. The van der Waals surface area contributed by atoms with Crippen LogP contribution in [0.3, 0.4) is 0 Å². The summed E-state index contributed by atoms with van der Waals surface area (Å²) in [5.74, 6) is 0.847. The zero-order chi connectivity index (χ0) is 8.77. The number of Topliss-reactive ketones (excluding diaryl/α,β-unsaturated/α-hetero) is 1. The lowest BCUT2D eigenvalue weighted by atomic mass is 9.50. The molecule has 12 heavy (non-hydrogen) atoms. The quantitative estimate of drug-likeness (QED) is 0.544. The van der Waals surface area contributed by atoms with Crippen LogP contribution in [0.5, 0.6) is 0 Å². The minimum atomic E-state index is 0.245. The van der Waals surface area contributed by atoms with Crippen molar-refractivity contribution in [2.45, 2.75) is 39.0 Å². The molecule has 1 heteroatoms. The van der Waals surface area contributed by atoms with Gasteiger partial charge in [-0.2, -0.15) is 0 Å². The van der Waals surface area contributed by atoms with Gasteiger partial charge in [0.05, 0.1) is 0 Å². The Hall–Kier alpha value is -0.590. The first kappa shape index (κ1) is 8.03. The van der Waals surface area contributed by atoms with E-state index in [-0.39, 0.29) is 5.41 Å². The third kappa shape index (κ3) is 0.769. The van der Waals surface area contributed by atoms with Gasteiger partial charge in [0, 0.05) is 17.8 Å². The maximum atomic E-state index is 11.5. The highest BCUT2D eigenvalue weighted by atomic mass is 16.1. The van der Waals surface area contributed by atoms with Crippen molar-refractivity contribution in [3.8, 4) is 0 Å². The number of ketones is 1. The molecule has 0 spiro atoms. The smallest absolute Gasteiger partial charge is 0.137 e. The molecule has 2 saturated carbocycles. The average molecular weight is 164 g/mol. The summed E-state index contributed by atoms with van der Waals surface area (Å²) in [6.45, 7) is 6.26. The number of allylic oxidation sites excluding steroid dienone is 1. The van der Waals surface area contributed by atoms with E-state index in [0.717, 1.165) is 25.7 Å². The van der Waals surface area contributed by atoms with Crippen LogP contribution in [-0.4, -0.2) is 5.78 Å². The summed E-state index contributed by atoms with van der Waals surface area (Å²) < 4.78 is 0. The van der Waals surface area contributed by atoms with E-state index in [1.54, 1.807) is 0 Å². The first-order valence-corrected chi connectivity index (χ1v) is 4.91. The van der Waals surface area contributed by atoms with E-state index in [9.17, 15) is 4.79 Å². The molecule has 0 saturated heterocycles. The molecule has 2 fully saturated rings. The van der Waals surface area contributed by atoms with E-state index >= 15 is 0 Å². The number of carbonyl (C=O) groups excluding carboxylic acids is 1. The fraction of sp³-hybridized carbons (Fsp3) is 0.727. The van der Waals surface area contributed by atoms with Crippen LogP contribution >= 0.6 is 0 Å². The van der Waals surface area contributed by atoms with Crippen molar-refractivity contribution in [3.63, 3.8) is 0 Å². The summed E-state index contributed by atoms with van der Waals surface area (Å²) in [7, 11) is 0. The Morgan fingerprint density at radius 2 is 2.42 bits per heavy atom. The molecule has 0 aromatic carbocycles. The summed E-state index contributed by atoms with van der Waals surface area (Å²) in [5, 5.41) is 0. The molecule has 0 heterocycles. The van der Waals surface area contributed by atoms with Crippen LogP contribution in [0, 0.1) is 11.3 Å². The molecular weight excluding hydrogens is 148 g/mol. The molecule has 2 rings (SSSR count). The van der Waals surface area contributed by atoms with Crippen LogP contribution in [0.25, 0.3) is 0 Å². The monoisotopic (exact) mass is 164 g/mol. The topological polar surface area (TPSA) is 17.1 Å². The van der Waals surface area contributed by atoms with Crippen molar-refractivity contribution in [2.24, 2.45) is 11.3 Å². The third-order valence-corrected chi connectivity index (χ3v) is 3.89. The van der Waals surface area contributed by atoms with E-state index in [1.807, 2.05) is 0 Å². The lowest BCUT2D eigenvalue weighted by molar-refractivity contribution is -0.133. The van der Waals surface area contributed by atoms with Gasteiger partial charge in [-0.15, -0.1) is 0 Å². The average Bonchev–Trinajstić information content (AvgIpc) is 2.07. The van der Waals surface area contributed by atoms with E-state index in [4.69, 9.17) is 0 Å². The summed E-state index contributed by atoms with van der Waals surface area (Å²) in [4.78, 5) is 11.5. The number of rotatable bonds is 1. The largest absolute Gasteiger partial charge is 0.299 e. The summed E-state index contributed by atoms with van der Waals surface area (Å²) in [5.41, 5.74) is 1.58. The van der Waals surface area contributed by atoms with Gasteiger partial charge in [-0.1, -0.05) is 19.1 Å². The fourth-order valence-corrected chi connectivity index (χ4v) is 2.96. The van der Waals surface area contributed by atoms with Gasteiger partial charge in [0.2, 0.25) is 0 Å². The zero-order valence-corrected chi connectivity index (χ0v) is 7.73. The van der Waals surface area contributed by atoms with Crippen molar-refractivity contribution in [3.05, 3.63) is 12.2 Å². The molecule has 0 aromatic heterocycles. The van der Waals surface area contributed by atoms with Crippen LogP contribution in [-0.2, 0) is 4.79 Å². The summed E-state index contributed by atoms with van der Waals surface area (Å²) >= 11 is 0. The Morgan fingerprint density at radius 1 is 1.67 bits per heavy atom. The molecule has 0 amide bonds. The van der Waals surface area contributed by atoms with Crippen molar-refractivity contribution in [1.82, 2.24) is 0 Å². The Kier molecular flexibility index (Phi) is 1.64. The lowest BCUT2D eigenvalue weighted by Crippen LogP contribution is -2.48. The van der Waals surface area contributed by atoms with Crippen molar-refractivity contribution in [2.75, 3.05) is 0 Å². The molecule has 2 atom stereocenters. The van der Waals surface area contributed by atoms with E-state index < -0.39 is 0 Å². The van der Waals surface area contributed by atoms with Crippen molar-refractivity contribution in [1.29, 1.82) is 0 Å². The number of hydrogen-bond acceptors (Lipinski definition) is 1. The number of fused-ring (bicyclic) bond motifs is 1. The van der Waals surface area contributed by atoms with Gasteiger partial charge in [-0.25, -0.2) is 0 Å². The highest BCUT2D eigenvalue weighted by Crippen LogP contribution is 2.58. The zero-order valence-electron chi connectivity index (χ0n) is 7.73. The molecule has 0 bridgehead atoms. The van der Waals surface area contributed by atoms with Crippen LogP contribution < -0.4 is 0 Å². The maximum absolute atomic E-state index is 11.5. The van der Waals surface area contributed by atoms with E-state index in [2.05, 4.69) is 13.5 Å². The second kappa shape index (κ2) is 2.45. The van der Waals surface area contributed by atoms with Gasteiger partial charge in [0.15, 0.2) is 0 Å². The minimum absolute atomic E-state index is 0.245. The molecule has 2 aliphatic carbocycles. The maximum Gasteiger partial charge on any atom is 0.137 e. The standard InChI is InChI=1S/C11H16O/c1-3-11-6-4-5-10(12)9(11)7-8(11)2/h9H,2-7H2,1H3.